The van der Waals surface area contributed by atoms with Crippen molar-refractivity contribution < 1.29 is 28.2 Å². The molecule has 1 aliphatic rings. The monoisotopic (exact) mass is 603 g/mol. The van der Waals surface area contributed by atoms with Crippen LogP contribution in [-0.2, 0) is 11.3 Å². The van der Waals surface area contributed by atoms with Crippen molar-refractivity contribution in [1.29, 1.82) is 0 Å². The smallest absolute Gasteiger partial charge is 0.338 e. The summed E-state index contributed by atoms with van der Waals surface area (Å²) in [6, 6.07) is 27.9. The van der Waals surface area contributed by atoms with Crippen molar-refractivity contribution in [3.05, 3.63) is 135 Å². The highest BCUT2D eigenvalue weighted by molar-refractivity contribution is 6.10. The fraction of sp³-hybridized carbons (Fsp3) is 0.216. The topological polar surface area (TPSA) is 95.3 Å². The van der Waals surface area contributed by atoms with Crippen LogP contribution in [0, 0.1) is 0 Å². The molecule has 4 aromatic carbocycles. The van der Waals surface area contributed by atoms with Gasteiger partial charge in [-0.2, -0.15) is 0 Å². The Bertz CT molecular complexity index is 1900. The molecular weight excluding hydrogens is 570 g/mol. The van der Waals surface area contributed by atoms with Crippen molar-refractivity contribution in [2.24, 2.45) is 0 Å². The predicted molar refractivity (Wildman–Crippen MR) is 171 cm³/mol. The van der Waals surface area contributed by atoms with Crippen molar-refractivity contribution in [2.45, 2.75) is 39.3 Å². The standard InChI is InChI=1S/C37H33NO7/c1-3-5-21-43-37(41)25-15-18-27(19-16-25)38-33(32-34(39)28-13-9-10-14-29(28)45-35(32)36(38)40)26-17-20-30(31(22-26)42-4-2)44-23-24-11-7-6-8-12-24/h6-20,22,33H,3-5,21,23H2,1-2H3. The van der Waals surface area contributed by atoms with Gasteiger partial charge in [0, 0.05) is 5.69 Å². The van der Waals surface area contributed by atoms with E-state index in [0.29, 0.717) is 59.1 Å². The van der Waals surface area contributed by atoms with Gasteiger partial charge in [0.1, 0.15) is 12.2 Å². The number of para-hydroxylation sites is 1. The molecular formula is C37H33NO7. The summed E-state index contributed by atoms with van der Waals surface area (Å²) < 4.78 is 23.5. The van der Waals surface area contributed by atoms with Crippen molar-refractivity contribution in [3.63, 3.8) is 0 Å². The Morgan fingerprint density at radius 2 is 1.60 bits per heavy atom. The molecule has 1 atom stereocenters. The first-order chi connectivity index (χ1) is 22.0. The highest BCUT2D eigenvalue weighted by Gasteiger charge is 2.44. The number of ether oxygens (including phenoxy) is 3. The minimum atomic E-state index is -0.821. The molecule has 8 nitrogen and oxygen atoms in total. The average molecular weight is 604 g/mol. The summed E-state index contributed by atoms with van der Waals surface area (Å²) in [6.07, 6.45) is 1.69. The second-order valence-corrected chi connectivity index (χ2v) is 10.7. The van der Waals surface area contributed by atoms with E-state index in [-0.39, 0.29) is 16.8 Å². The Hall–Kier alpha value is -5.37. The molecule has 228 valence electrons. The number of hydrogen-bond donors (Lipinski definition) is 0. The lowest BCUT2D eigenvalue weighted by molar-refractivity contribution is 0.0499. The van der Waals surface area contributed by atoms with Crippen molar-refractivity contribution in [3.8, 4) is 11.5 Å². The highest BCUT2D eigenvalue weighted by Crippen LogP contribution is 2.43. The van der Waals surface area contributed by atoms with E-state index in [2.05, 4.69) is 0 Å². The van der Waals surface area contributed by atoms with Crippen LogP contribution in [-0.4, -0.2) is 25.1 Å². The molecule has 1 amide bonds. The van der Waals surface area contributed by atoms with Gasteiger partial charge in [-0.1, -0.05) is 61.9 Å². The maximum Gasteiger partial charge on any atom is 0.338 e. The molecule has 0 saturated heterocycles. The second kappa shape index (κ2) is 13.1. The van der Waals surface area contributed by atoms with E-state index in [0.717, 1.165) is 18.4 Å². The highest BCUT2D eigenvalue weighted by atomic mass is 16.5. The van der Waals surface area contributed by atoms with Crippen LogP contribution in [0.2, 0.25) is 0 Å². The molecule has 45 heavy (non-hydrogen) atoms. The summed E-state index contributed by atoms with van der Waals surface area (Å²) in [4.78, 5) is 42.1. The third-order valence-corrected chi connectivity index (χ3v) is 7.71. The Morgan fingerprint density at radius 1 is 0.844 bits per heavy atom. The van der Waals surface area contributed by atoms with Crippen LogP contribution < -0.4 is 19.8 Å². The van der Waals surface area contributed by atoms with Crippen molar-refractivity contribution >= 4 is 28.5 Å². The number of hydrogen-bond acceptors (Lipinski definition) is 7. The van der Waals surface area contributed by atoms with E-state index in [1.807, 2.05) is 50.2 Å². The Kier molecular flexibility index (Phi) is 8.64. The number of carbonyl (C=O) groups excluding carboxylic acids is 2. The van der Waals surface area contributed by atoms with Gasteiger partial charge >= 0.3 is 5.97 Å². The molecule has 1 aromatic heterocycles. The summed E-state index contributed by atoms with van der Waals surface area (Å²) in [5.41, 5.74) is 2.80. The SMILES string of the molecule is CCCCOC(=O)c1ccc(N2C(=O)c3oc4ccccc4c(=O)c3C2c2ccc(OCc3ccccc3)c(OCC)c2)cc1. The zero-order chi connectivity index (χ0) is 31.3. The Morgan fingerprint density at radius 3 is 2.36 bits per heavy atom. The van der Waals surface area contributed by atoms with Gasteiger partial charge in [0.05, 0.1) is 35.8 Å². The maximum atomic E-state index is 14.1. The molecule has 2 heterocycles. The maximum absolute atomic E-state index is 14.1. The molecule has 1 unspecified atom stereocenters. The van der Waals surface area contributed by atoms with Gasteiger partial charge in [-0.05, 0) is 73.0 Å². The summed E-state index contributed by atoms with van der Waals surface area (Å²) in [6.45, 7) is 4.98. The van der Waals surface area contributed by atoms with E-state index in [1.54, 1.807) is 60.7 Å². The zero-order valence-electron chi connectivity index (χ0n) is 25.2. The molecule has 5 aromatic rings. The molecule has 0 fully saturated rings. The molecule has 6 rings (SSSR count). The molecule has 0 radical (unpaired) electrons. The fourth-order valence-electron chi connectivity index (χ4n) is 5.47. The first-order valence-electron chi connectivity index (χ1n) is 15.1. The summed E-state index contributed by atoms with van der Waals surface area (Å²) in [5, 5.41) is 0.383. The number of benzene rings is 4. The molecule has 0 N–H and O–H groups in total. The van der Waals surface area contributed by atoms with Crippen LogP contribution in [0.15, 0.2) is 106 Å². The number of fused-ring (bicyclic) bond motifs is 2. The normalized spacial score (nSPS) is 14.0. The lowest BCUT2D eigenvalue weighted by atomic mass is 9.97. The number of unbranched alkanes of at least 4 members (excludes halogenated alkanes) is 1. The predicted octanol–water partition coefficient (Wildman–Crippen LogP) is 7.48. The number of esters is 1. The van der Waals surface area contributed by atoms with Gasteiger partial charge in [0.25, 0.3) is 5.91 Å². The van der Waals surface area contributed by atoms with Crippen molar-refractivity contribution in [1.82, 2.24) is 0 Å². The third-order valence-electron chi connectivity index (χ3n) is 7.71. The van der Waals surface area contributed by atoms with Gasteiger partial charge < -0.3 is 18.6 Å². The molecule has 0 saturated carbocycles. The molecule has 8 heteroatoms. The van der Waals surface area contributed by atoms with E-state index >= 15 is 0 Å². The summed E-state index contributed by atoms with van der Waals surface area (Å²) >= 11 is 0. The van der Waals surface area contributed by atoms with Gasteiger partial charge in [-0.15, -0.1) is 0 Å². The lowest BCUT2D eigenvalue weighted by Gasteiger charge is -2.26. The molecule has 0 bridgehead atoms. The Balaban J connectivity index is 1.42. The van der Waals surface area contributed by atoms with Crippen molar-refractivity contribution in [2.75, 3.05) is 18.1 Å². The van der Waals surface area contributed by atoms with Crippen LogP contribution in [0.3, 0.4) is 0 Å². The van der Waals surface area contributed by atoms with Crippen LogP contribution in [0.4, 0.5) is 5.69 Å². The number of nitrogens with zero attached hydrogens (tertiary/aromatic N) is 1. The van der Waals surface area contributed by atoms with Gasteiger partial charge in [0.15, 0.2) is 16.9 Å². The van der Waals surface area contributed by atoms with E-state index in [1.165, 1.54) is 4.90 Å². The number of rotatable bonds is 11. The van der Waals surface area contributed by atoms with Gasteiger partial charge in [-0.25, -0.2) is 4.79 Å². The fourth-order valence-corrected chi connectivity index (χ4v) is 5.47. The van der Waals surface area contributed by atoms with Crippen LogP contribution in [0.1, 0.15) is 70.3 Å². The van der Waals surface area contributed by atoms with Crippen LogP contribution in [0.25, 0.3) is 11.0 Å². The molecule has 1 aliphatic heterocycles. The first-order valence-corrected chi connectivity index (χ1v) is 15.1. The van der Waals surface area contributed by atoms with Crippen LogP contribution >= 0.6 is 0 Å². The first kappa shape index (κ1) is 29.7. The second-order valence-electron chi connectivity index (χ2n) is 10.7. The Labute approximate surface area is 260 Å². The minimum absolute atomic E-state index is 0.0193. The quantitative estimate of drug-likeness (QED) is 0.114. The number of amides is 1. The van der Waals surface area contributed by atoms with E-state index in [9.17, 15) is 14.4 Å². The molecule has 0 spiro atoms. The average Bonchev–Trinajstić information content (AvgIpc) is 3.37. The van der Waals surface area contributed by atoms with E-state index < -0.39 is 17.9 Å². The largest absolute Gasteiger partial charge is 0.490 e. The summed E-state index contributed by atoms with van der Waals surface area (Å²) in [5.74, 6) is 0.116. The van der Waals surface area contributed by atoms with Gasteiger partial charge in [0.2, 0.25) is 5.76 Å². The zero-order valence-corrected chi connectivity index (χ0v) is 25.2. The van der Waals surface area contributed by atoms with E-state index in [4.69, 9.17) is 18.6 Å². The number of anilines is 1. The van der Waals surface area contributed by atoms with Crippen LogP contribution in [0.5, 0.6) is 11.5 Å². The lowest BCUT2D eigenvalue weighted by Crippen LogP contribution is -2.29. The summed E-state index contributed by atoms with van der Waals surface area (Å²) in [7, 11) is 0. The third kappa shape index (κ3) is 5.91. The molecule has 0 aliphatic carbocycles. The van der Waals surface area contributed by atoms with Gasteiger partial charge in [-0.3, -0.25) is 14.5 Å². The number of carbonyl (C=O) groups is 2. The minimum Gasteiger partial charge on any atom is -0.490 e.